The number of hydrogen-bond donors (Lipinski definition) is 1. The quantitative estimate of drug-likeness (QED) is 0.641. The van der Waals surface area contributed by atoms with Gasteiger partial charge in [0, 0.05) is 12.1 Å². The number of nitrogens with zero attached hydrogens (tertiary/aromatic N) is 1. The molecule has 1 atom stereocenters. The van der Waals surface area contributed by atoms with E-state index < -0.39 is 10.0 Å². The smallest absolute Gasteiger partial charge is 0.264 e. The molecule has 4 rings (SSSR count). The average Bonchev–Trinajstić information content (AvgIpc) is 3.18. The SMILES string of the molecule is Cc1ccc([C@H](C)NC(=O)c2ccc3c(c2)N(S(=O)(=O)c2ccccc2)CC3)c(C)c1. The second-order valence-corrected chi connectivity index (χ2v) is 9.90. The molecule has 0 aliphatic carbocycles. The molecule has 0 bridgehead atoms. The van der Waals surface area contributed by atoms with Crippen molar-refractivity contribution in [2.24, 2.45) is 0 Å². The summed E-state index contributed by atoms with van der Waals surface area (Å²) >= 11 is 0. The minimum Gasteiger partial charge on any atom is -0.346 e. The van der Waals surface area contributed by atoms with E-state index in [-0.39, 0.29) is 16.8 Å². The highest BCUT2D eigenvalue weighted by Gasteiger charge is 2.31. The second kappa shape index (κ2) is 8.19. The van der Waals surface area contributed by atoms with Crippen molar-refractivity contribution in [1.29, 1.82) is 0 Å². The number of aryl methyl sites for hydroxylation is 2. The molecule has 1 aliphatic rings. The van der Waals surface area contributed by atoms with Crippen LogP contribution in [-0.2, 0) is 16.4 Å². The van der Waals surface area contributed by atoms with Crippen molar-refractivity contribution in [3.05, 3.63) is 94.5 Å². The lowest BCUT2D eigenvalue weighted by Gasteiger charge is -2.21. The largest absolute Gasteiger partial charge is 0.346 e. The van der Waals surface area contributed by atoms with Gasteiger partial charge in [-0.3, -0.25) is 9.10 Å². The molecule has 5 nitrogen and oxygen atoms in total. The molecule has 1 N–H and O–H groups in total. The van der Waals surface area contributed by atoms with Crippen LogP contribution in [0.2, 0.25) is 0 Å². The van der Waals surface area contributed by atoms with Crippen LogP contribution in [0, 0.1) is 13.8 Å². The normalized spacial score (nSPS) is 14.2. The molecular weight excluding hydrogens is 408 g/mol. The second-order valence-electron chi connectivity index (χ2n) is 8.04. The third kappa shape index (κ3) is 4.08. The predicted molar refractivity (Wildman–Crippen MR) is 123 cm³/mol. The molecule has 0 radical (unpaired) electrons. The summed E-state index contributed by atoms with van der Waals surface area (Å²) < 4.78 is 27.7. The maximum atomic E-state index is 13.1. The molecule has 0 aromatic heterocycles. The predicted octanol–water partition coefficient (Wildman–Crippen LogP) is 4.55. The van der Waals surface area contributed by atoms with Gasteiger partial charge >= 0.3 is 0 Å². The van der Waals surface area contributed by atoms with E-state index >= 15 is 0 Å². The van der Waals surface area contributed by atoms with Gasteiger partial charge in [-0.15, -0.1) is 0 Å². The minimum absolute atomic E-state index is 0.162. The zero-order valence-electron chi connectivity index (χ0n) is 17.9. The third-order valence-electron chi connectivity index (χ3n) is 5.77. The van der Waals surface area contributed by atoms with Crippen molar-refractivity contribution in [2.45, 2.75) is 38.1 Å². The Kier molecular flexibility index (Phi) is 5.58. The fourth-order valence-electron chi connectivity index (χ4n) is 4.13. The number of nitrogens with one attached hydrogen (secondary N) is 1. The number of sulfonamides is 1. The van der Waals surface area contributed by atoms with E-state index in [1.165, 1.54) is 9.87 Å². The van der Waals surface area contributed by atoms with Gasteiger partial charge in [0.1, 0.15) is 0 Å². The van der Waals surface area contributed by atoms with Crippen molar-refractivity contribution in [3.63, 3.8) is 0 Å². The van der Waals surface area contributed by atoms with E-state index in [9.17, 15) is 13.2 Å². The molecule has 0 spiro atoms. The average molecular weight is 435 g/mol. The number of fused-ring (bicyclic) bond motifs is 1. The van der Waals surface area contributed by atoms with Crippen molar-refractivity contribution < 1.29 is 13.2 Å². The van der Waals surface area contributed by atoms with Crippen LogP contribution < -0.4 is 9.62 Å². The fraction of sp³-hybridized carbons (Fsp3) is 0.240. The van der Waals surface area contributed by atoms with Gasteiger partial charge in [-0.1, -0.05) is 48.0 Å². The molecular formula is C25H26N2O3S. The van der Waals surface area contributed by atoms with Gasteiger partial charge in [0.05, 0.1) is 16.6 Å². The third-order valence-corrected chi connectivity index (χ3v) is 7.60. The first-order valence-corrected chi connectivity index (χ1v) is 11.8. The lowest BCUT2D eigenvalue weighted by Crippen LogP contribution is -2.30. The maximum Gasteiger partial charge on any atom is 0.264 e. The van der Waals surface area contributed by atoms with Crippen LogP contribution in [0.15, 0.2) is 71.6 Å². The number of benzene rings is 3. The number of hydrogen-bond acceptors (Lipinski definition) is 3. The molecule has 3 aromatic rings. The molecule has 0 fully saturated rings. The van der Waals surface area contributed by atoms with Crippen molar-refractivity contribution in [3.8, 4) is 0 Å². The summed E-state index contributed by atoms with van der Waals surface area (Å²) in [5.74, 6) is -0.223. The van der Waals surface area contributed by atoms with Crippen LogP contribution in [0.25, 0.3) is 0 Å². The summed E-state index contributed by atoms with van der Waals surface area (Å²) in [6.45, 7) is 6.40. The van der Waals surface area contributed by atoms with Crippen LogP contribution in [-0.4, -0.2) is 20.9 Å². The van der Waals surface area contributed by atoms with Gasteiger partial charge in [-0.2, -0.15) is 0 Å². The van der Waals surface area contributed by atoms with Crippen molar-refractivity contribution in [1.82, 2.24) is 5.32 Å². The minimum atomic E-state index is -3.67. The first kappa shape index (κ1) is 21.1. The summed E-state index contributed by atoms with van der Waals surface area (Å²) in [6.07, 6.45) is 0.627. The van der Waals surface area contributed by atoms with E-state index in [0.29, 0.717) is 24.2 Å². The first-order chi connectivity index (χ1) is 14.8. The van der Waals surface area contributed by atoms with Crippen LogP contribution in [0.5, 0.6) is 0 Å². The first-order valence-electron chi connectivity index (χ1n) is 10.4. The zero-order chi connectivity index (χ0) is 22.2. The molecule has 160 valence electrons. The molecule has 1 amide bonds. The van der Waals surface area contributed by atoms with E-state index in [0.717, 1.165) is 16.7 Å². The summed E-state index contributed by atoms with van der Waals surface area (Å²) in [5.41, 5.74) is 5.33. The van der Waals surface area contributed by atoms with Crippen molar-refractivity contribution in [2.75, 3.05) is 10.8 Å². The van der Waals surface area contributed by atoms with Gasteiger partial charge < -0.3 is 5.32 Å². The molecule has 3 aromatic carbocycles. The van der Waals surface area contributed by atoms with Crippen LogP contribution >= 0.6 is 0 Å². The Hall–Kier alpha value is -3.12. The zero-order valence-corrected chi connectivity index (χ0v) is 18.7. The highest BCUT2D eigenvalue weighted by molar-refractivity contribution is 7.92. The Balaban J connectivity index is 1.59. The summed E-state index contributed by atoms with van der Waals surface area (Å²) in [6, 6.07) is 19.7. The molecule has 0 unspecified atom stereocenters. The van der Waals surface area contributed by atoms with Gasteiger partial charge in [-0.25, -0.2) is 8.42 Å². The lowest BCUT2D eigenvalue weighted by atomic mass is 10.00. The Morgan fingerprint density at radius 2 is 1.74 bits per heavy atom. The van der Waals surface area contributed by atoms with E-state index in [2.05, 4.69) is 11.4 Å². The van der Waals surface area contributed by atoms with Gasteiger partial charge in [0.2, 0.25) is 0 Å². The highest BCUT2D eigenvalue weighted by atomic mass is 32.2. The van der Waals surface area contributed by atoms with Crippen molar-refractivity contribution >= 4 is 21.6 Å². The Morgan fingerprint density at radius 1 is 1.00 bits per heavy atom. The molecule has 6 heteroatoms. The maximum absolute atomic E-state index is 13.1. The number of amides is 1. The number of anilines is 1. The summed E-state index contributed by atoms with van der Waals surface area (Å²) in [7, 11) is -3.67. The molecule has 1 heterocycles. The highest BCUT2D eigenvalue weighted by Crippen LogP contribution is 2.34. The summed E-state index contributed by atoms with van der Waals surface area (Å²) in [5, 5.41) is 3.04. The standard InChI is InChI=1S/C25H26N2O3S/c1-17-9-12-23(18(2)15-17)19(3)26-25(28)21-11-10-20-13-14-27(24(20)16-21)31(29,30)22-7-5-4-6-8-22/h4-12,15-16,19H,13-14H2,1-3H3,(H,26,28)/t19-/m0/s1. The lowest BCUT2D eigenvalue weighted by molar-refractivity contribution is 0.0940. The molecule has 1 aliphatic heterocycles. The number of carbonyl (C=O) groups excluding carboxylic acids is 1. The fourth-order valence-corrected chi connectivity index (χ4v) is 5.65. The summed E-state index contributed by atoms with van der Waals surface area (Å²) in [4.78, 5) is 13.2. The Morgan fingerprint density at radius 3 is 2.45 bits per heavy atom. The van der Waals surface area contributed by atoms with Gasteiger partial charge in [0.15, 0.2) is 0 Å². The monoisotopic (exact) mass is 434 g/mol. The van der Waals surface area contributed by atoms with Crippen LogP contribution in [0.3, 0.4) is 0 Å². The van der Waals surface area contributed by atoms with Gasteiger partial charge in [-0.05, 0) is 68.1 Å². The van der Waals surface area contributed by atoms with Crippen LogP contribution in [0.4, 0.5) is 5.69 Å². The van der Waals surface area contributed by atoms with Crippen LogP contribution in [0.1, 0.15) is 45.6 Å². The molecule has 31 heavy (non-hydrogen) atoms. The topological polar surface area (TPSA) is 66.5 Å². The molecule has 0 saturated carbocycles. The van der Waals surface area contributed by atoms with E-state index in [1.807, 2.05) is 39.0 Å². The van der Waals surface area contributed by atoms with Gasteiger partial charge in [0.25, 0.3) is 15.9 Å². The Labute approximate surface area is 183 Å². The Bertz CT molecular complexity index is 1240. The van der Waals surface area contributed by atoms with E-state index in [1.54, 1.807) is 42.5 Å². The number of rotatable bonds is 5. The van der Waals surface area contributed by atoms with E-state index in [4.69, 9.17) is 0 Å². The molecule has 0 saturated heterocycles. The number of carbonyl (C=O) groups is 1.